The zero-order chi connectivity index (χ0) is 40.5. The van der Waals surface area contributed by atoms with E-state index in [0.717, 1.165) is 23.5 Å². The zero-order valence-corrected chi connectivity index (χ0v) is 33.8. The fourth-order valence-electron chi connectivity index (χ4n) is 9.50. The highest BCUT2D eigenvalue weighted by atomic mass is 15.1. The number of allylic oxidation sites excluding steroid dienone is 4. The average molecular weight is 778 g/mol. The van der Waals surface area contributed by atoms with Gasteiger partial charge in [-0.15, -0.1) is 0 Å². The monoisotopic (exact) mass is 777 g/mol. The summed E-state index contributed by atoms with van der Waals surface area (Å²) < 4.78 is 0. The lowest BCUT2D eigenvalue weighted by atomic mass is 9.75. The van der Waals surface area contributed by atoms with Gasteiger partial charge < -0.3 is 4.90 Å². The summed E-state index contributed by atoms with van der Waals surface area (Å²) in [4.78, 5) is 2.38. The SMILES string of the molecule is C1=C(c2ccccc2)C=C(c2c3ccccc3c(-c3ccc(N(c4ccc(-c5ccccc5)cc4)c4ccc5ccccc5c4)cc3)c3ccccc23)C(c2ccccc2)C1. The van der Waals surface area contributed by atoms with E-state index in [2.05, 4.69) is 248 Å². The molecule has 0 spiro atoms. The number of anilines is 3. The molecule has 0 saturated heterocycles. The van der Waals surface area contributed by atoms with Crippen molar-refractivity contribution in [1.82, 2.24) is 0 Å². The van der Waals surface area contributed by atoms with Crippen molar-refractivity contribution in [1.29, 1.82) is 0 Å². The maximum atomic E-state index is 2.47. The first-order chi connectivity index (χ1) is 30.3. The molecule has 0 fully saturated rings. The molecule has 0 aromatic heterocycles. The Kier molecular flexibility index (Phi) is 9.41. The maximum absolute atomic E-state index is 2.47. The van der Waals surface area contributed by atoms with Gasteiger partial charge in [-0.1, -0.05) is 206 Å². The fourth-order valence-corrected chi connectivity index (χ4v) is 9.50. The minimum Gasteiger partial charge on any atom is -0.310 e. The number of benzene rings is 10. The molecule has 0 bridgehead atoms. The van der Waals surface area contributed by atoms with Gasteiger partial charge in [-0.3, -0.25) is 0 Å². The van der Waals surface area contributed by atoms with E-state index in [9.17, 15) is 0 Å². The van der Waals surface area contributed by atoms with Crippen LogP contribution >= 0.6 is 0 Å². The van der Waals surface area contributed by atoms with Crippen molar-refractivity contribution in [2.75, 3.05) is 4.90 Å². The van der Waals surface area contributed by atoms with E-state index in [0.29, 0.717) is 0 Å². The molecule has 10 aromatic rings. The summed E-state index contributed by atoms with van der Waals surface area (Å²) in [6.45, 7) is 0. The molecule has 1 atom stereocenters. The van der Waals surface area contributed by atoms with Crippen molar-refractivity contribution in [3.63, 3.8) is 0 Å². The van der Waals surface area contributed by atoms with Gasteiger partial charge in [0.05, 0.1) is 0 Å². The molecule has 0 radical (unpaired) electrons. The van der Waals surface area contributed by atoms with Crippen LogP contribution in [0.25, 0.3) is 65.7 Å². The van der Waals surface area contributed by atoms with Crippen LogP contribution in [0, 0.1) is 0 Å². The summed E-state index contributed by atoms with van der Waals surface area (Å²) in [5.41, 5.74) is 14.8. The third-order valence-electron chi connectivity index (χ3n) is 12.4. The predicted octanol–water partition coefficient (Wildman–Crippen LogP) is 16.6. The Bertz CT molecular complexity index is 3180. The van der Waals surface area contributed by atoms with Gasteiger partial charge in [0.1, 0.15) is 0 Å². The summed E-state index contributed by atoms with van der Waals surface area (Å²) in [6, 6.07) is 84.1. The van der Waals surface area contributed by atoms with Gasteiger partial charge in [-0.25, -0.2) is 0 Å². The number of hydrogen-bond acceptors (Lipinski definition) is 1. The molecule has 0 heterocycles. The molecule has 0 saturated carbocycles. The van der Waals surface area contributed by atoms with E-state index in [1.165, 1.54) is 82.4 Å². The van der Waals surface area contributed by atoms with Crippen LogP contribution in [0.1, 0.15) is 29.0 Å². The quantitative estimate of drug-likeness (QED) is 0.139. The van der Waals surface area contributed by atoms with Crippen molar-refractivity contribution >= 4 is 60.5 Å². The van der Waals surface area contributed by atoms with E-state index in [4.69, 9.17) is 0 Å². The third kappa shape index (κ3) is 6.81. The third-order valence-corrected chi connectivity index (χ3v) is 12.4. The first-order valence-electron chi connectivity index (χ1n) is 21.3. The van der Waals surface area contributed by atoms with E-state index in [1.807, 2.05) is 0 Å². The second kappa shape index (κ2) is 15.8. The molecule has 1 unspecified atom stereocenters. The lowest BCUT2D eigenvalue weighted by molar-refractivity contribution is 0.879. The normalized spacial score (nSPS) is 13.9. The first kappa shape index (κ1) is 36.3. The van der Waals surface area contributed by atoms with Crippen molar-refractivity contribution in [3.8, 4) is 22.3 Å². The standard InChI is InChI=1S/C60H43N/c1-4-16-42(17-5-1)45-28-34-50(35-29-45)61(52-38-30-44-20-10-11-23-48(44)40-52)51-36-31-47(32-37-51)59-54-24-12-14-26-56(54)60(57-27-15-13-25-55(57)59)58-41-49(43-18-6-2-7-19-43)33-39-53(58)46-21-8-3-9-22-46/h1-38,40-41,53H,39H2. The molecule has 61 heavy (non-hydrogen) atoms. The van der Waals surface area contributed by atoms with Crippen molar-refractivity contribution in [2.24, 2.45) is 0 Å². The van der Waals surface area contributed by atoms with Gasteiger partial charge in [0.15, 0.2) is 0 Å². The van der Waals surface area contributed by atoms with Crippen LogP contribution in [0.3, 0.4) is 0 Å². The highest BCUT2D eigenvalue weighted by Crippen LogP contribution is 2.49. The van der Waals surface area contributed by atoms with Gasteiger partial charge >= 0.3 is 0 Å². The average Bonchev–Trinajstić information content (AvgIpc) is 3.34. The fraction of sp³-hybridized carbons (Fsp3) is 0.0333. The molecule has 10 aromatic carbocycles. The number of rotatable bonds is 8. The summed E-state index contributed by atoms with van der Waals surface area (Å²) in [5, 5.41) is 7.52. The van der Waals surface area contributed by atoms with Crippen molar-refractivity contribution in [3.05, 3.63) is 259 Å². The molecule has 1 nitrogen and oxygen atoms in total. The maximum Gasteiger partial charge on any atom is 0.0468 e. The minimum atomic E-state index is 0.230. The van der Waals surface area contributed by atoms with Gasteiger partial charge in [0.25, 0.3) is 0 Å². The van der Waals surface area contributed by atoms with Crippen LogP contribution in [-0.2, 0) is 0 Å². The van der Waals surface area contributed by atoms with Gasteiger partial charge in [-0.2, -0.15) is 0 Å². The van der Waals surface area contributed by atoms with E-state index in [1.54, 1.807) is 0 Å². The van der Waals surface area contributed by atoms with Gasteiger partial charge in [0, 0.05) is 23.0 Å². The predicted molar refractivity (Wildman–Crippen MR) is 261 cm³/mol. The van der Waals surface area contributed by atoms with Gasteiger partial charge in [-0.05, 0) is 125 Å². The van der Waals surface area contributed by atoms with Crippen LogP contribution in [0.4, 0.5) is 17.1 Å². The molecular weight excluding hydrogens is 735 g/mol. The Morgan fingerprint density at radius 1 is 0.344 bits per heavy atom. The van der Waals surface area contributed by atoms with Crippen LogP contribution in [0.15, 0.2) is 243 Å². The van der Waals surface area contributed by atoms with Gasteiger partial charge in [0.2, 0.25) is 0 Å². The second-order valence-corrected chi connectivity index (χ2v) is 16.0. The number of nitrogens with zero attached hydrogens (tertiary/aromatic N) is 1. The van der Waals surface area contributed by atoms with E-state index >= 15 is 0 Å². The number of hydrogen-bond donors (Lipinski definition) is 0. The summed E-state index contributed by atoms with van der Waals surface area (Å²) in [7, 11) is 0. The molecule has 0 N–H and O–H groups in total. The highest BCUT2D eigenvalue weighted by molar-refractivity contribution is 6.19. The van der Waals surface area contributed by atoms with Crippen LogP contribution in [-0.4, -0.2) is 0 Å². The van der Waals surface area contributed by atoms with Crippen molar-refractivity contribution < 1.29 is 0 Å². The lowest BCUT2D eigenvalue weighted by Crippen LogP contribution is -2.10. The van der Waals surface area contributed by atoms with Crippen LogP contribution in [0.2, 0.25) is 0 Å². The molecule has 288 valence electrons. The Morgan fingerprint density at radius 2 is 0.803 bits per heavy atom. The zero-order valence-electron chi connectivity index (χ0n) is 33.8. The first-order valence-corrected chi connectivity index (χ1v) is 21.3. The Hall–Kier alpha value is -7.74. The minimum absolute atomic E-state index is 0.230. The molecule has 11 rings (SSSR count). The topological polar surface area (TPSA) is 3.24 Å². The van der Waals surface area contributed by atoms with Crippen LogP contribution in [0.5, 0.6) is 0 Å². The Labute approximate surface area is 357 Å². The molecule has 0 amide bonds. The van der Waals surface area contributed by atoms with E-state index in [-0.39, 0.29) is 5.92 Å². The lowest BCUT2D eigenvalue weighted by Gasteiger charge is -2.28. The van der Waals surface area contributed by atoms with Crippen molar-refractivity contribution in [2.45, 2.75) is 12.3 Å². The highest BCUT2D eigenvalue weighted by Gasteiger charge is 2.26. The Balaban J connectivity index is 1.06. The largest absolute Gasteiger partial charge is 0.310 e. The van der Waals surface area contributed by atoms with Crippen LogP contribution < -0.4 is 4.90 Å². The van der Waals surface area contributed by atoms with E-state index < -0.39 is 0 Å². The molecule has 1 aliphatic carbocycles. The molecule has 1 heteroatoms. The summed E-state index contributed by atoms with van der Waals surface area (Å²) in [5.74, 6) is 0.230. The Morgan fingerprint density at radius 3 is 1.41 bits per heavy atom. The number of fused-ring (bicyclic) bond motifs is 3. The second-order valence-electron chi connectivity index (χ2n) is 16.0. The summed E-state index contributed by atoms with van der Waals surface area (Å²) >= 11 is 0. The molecule has 0 aliphatic heterocycles. The summed E-state index contributed by atoms with van der Waals surface area (Å²) in [6.07, 6.45) is 5.83. The molecule has 1 aliphatic rings. The molecular formula is C60H43N. The smallest absolute Gasteiger partial charge is 0.0468 e.